The Morgan fingerprint density at radius 3 is 2.10 bits per heavy atom. The van der Waals surface area contributed by atoms with Crippen molar-refractivity contribution in [2.24, 2.45) is 11.1 Å². The van der Waals surface area contributed by atoms with Crippen LogP contribution in [0.2, 0.25) is 0 Å². The third kappa shape index (κ3) is 3.37. The molecule has 0 aliphatic rings. The van der Waals surface area contributed by atoms with Gasteiger partial charge in [0.1, 0.15) is 0 Å². The van der Waals surface area contributed by atoms with Crippen LogP contribution in [0.25, 0.3) is 0 Å². The topological polar surface area (TPSA) is 46.3 Å². The van der Waals surface area contributed by atoms with Crippen LogP contribution in [0.3, 0.4) is 0 Å². The minimum Gasteiger partial charge on any atom is -0.392 e. The summed E-state index contributed by atoms with van der Waals surface area (Å²) in [6.07, 6.45) is 3.16. The van der Waals surface area contributed by atoms with E-state index in [1.165, 1.54) is 0 Å². The molecule has 110 valence electrons. The number of rotatable bonds is 7. The Labute approximate surface area is 127 Å². The Balaban J connectivity index is 3.13. The third-order valence-corrected chi connectivity index (χ3v) is 4.07. The summed E-state index contributed by atoms with van der Waals surface area (Å²) in [5.41, 5.74) is 6.09. The van der Waals surface area contributed by atoms with Gasteiger partial charge in [0.25, 0.3) is 0 Å². The average Bonchev–Trinajstić information content (AvgIpc) is 2.46. The van der Waals surface area contributed by atoms with E-state index in [0.717, 1.165) is 18.5 Å². The Morgan fingerprint density at radius 2 is 1.70 bits per heavy atom. The number of para-hydroxylation sites is 1. The van der Waals surface area contributed by atoms with Crippen LogP contribution in [0.5, 0.6) is 0 Å². The van der Waals surface area contributed by atoms with Gasteiger partial charge in [0.2, 0.25) is 5.91 Å². The molecule has 0 aliphatic heterocycles. The van der Waals surface area contributed by atoms with E-state index in [1.54, 1.807) is 11.9 Å². The molecular formula is C16H24N2OS. The number of thiocarbonyl (C=S) groups is 1. The monoisotopic (exact) mass is 292 g/mol. The summed E-state index contributed by atoms with van der Waals surface area (Å²) >= 11 is 5.24. The standard InChI is InChI=1S/C16H24N2OS/c1-4-11-16(12-5-2,14(17)20)15(19)18(3)13-9-7-6-8-10-13/h6-10H,4-5,11-12H2,1-3H3,(H2,17,20). The van der Waals surface area contributed by atoms with E-state index in [2.05, 4.69) is 13.8 Å². The summed E-state index contributed by atoms with van der Waals surface area (Å²) < 4.78 is 0. The number of nitrogens with zero attached hydrogens (tertiary/aromatic N) is 1. The summed E-state index contributed by atoms with van der Waals surface area (Å²) in [5.74, 6) is -0.0000926. The summed E-state index contributed by atoms with van der Waals surface area (Å²) in [6, 6.07) is 9.60. The number of anilines is 1. The highest BCUT2D eigenvalue weighted by molar-refractivity contribution is 7.80. The fourth-order valence-electron chi connectivity index (χ4n) is 2.63. The van der Waals surface area contributed by atoms with Crippen LogP contribution in [0, 0.1) is 5.41 Å². The van der Waals surface area contributed by atoms with Crippen LogP contribution in [0.1, 0.15) is 39.5 Å². The Bertz CT molecular complexity index is 453. The normalized spacial score (nSPS) is 11.2. The predicted octanol–water partition coefficient (Wildman–Crippen LogP) is 3.52. The van der Waals surface area contributed by atoms with Gasteiger partial charge >= 0.3 is 0 Å². The van der Waals surface area contributed by atoms with Crippen molar-refractivity contribution in [2.45, 2.75) is 39.5 Å². The highest BCUT2D eigenvalue weighted by atomic mass is 32.1. The molecule has 3 nitrogen and oxygen atoms in total. The minimum atomic E-state index is -0.719. The summed E-state index contributed by atoms with van der Waals surface area (Å²) in [4.78, 5) is 14.9. The van der Waals surface area contributed by atoms with Crippen molar-refractivity contribution in [2.75, 3.05) is 11.9 Å². The lowest BCUT2D eigenvalue weighted by Crippen LogP contribution is -2.49. The van der Waals surface area contributed by atoms with Crippen molar-refractivity contribution >= 4 is 28.8 Å². The van der Waals surface area contributed by atoms with Crippen molar-refractivity contribution < 1.29 is 4.79 Å². The number of hydrogen-bond donors (Lipinski definition) is 1. The quantitative estimate of drug-likeness (QED) is 0.782. The van der Waals surface area contributed by atoms with Crippen molar-refractivity contribution in [3.63, 3.8) is 0 Å². The molecule has 0 spiro atoms. The SMILES string of the molecule is CCCC(CCC)(C(=O)N(C)c1ccccc1)C(N)=S. The fourth-order valence-corrected chi connectivity index (χ4v) is 2.93. The molecular weight excluding hydrogens is 268 g/mol. The van der Waals surface area contributed by atoms with Crippen molar-refractivity contribution in [3.8, 4) is 0 Å². The van der Waals surface area contributed by atoms with E-state index in [4.69, 9.17) is 18.0 Å². The van der Waals surface area contributed by atoms with Gasteiger partial charge in [-0.2, -0.15) is 0 Å². The molecule has 1 aromatic carbocycles. The largest absolute Gasteiger partial charge is 0.392 e. The first-order valence-corrected chi connectivity index (χ1v) is 7.53. The molecule has 4 heteroatoms. The van der Waals surface area contributed by atoms with Gasteiger partial charge < -0.3 is 10.6 Å². The van der Waals surface area contributed by atoms with E-state index < -0.39 is 5.41 Å². The van der Waals surface area contributed by atoms with Crippen LogP contribution < -0.4 is 10.6 Å². The molecule has 0 saturated heterocycles. The van der Waals surface area contributed by atoms with Gasteiger partial charge in [-0.3, -0.25) is 4.79 Å². The van der Waals surface area contributed by atoms with E-state index in [0.29, 0.717) is 17.8 Å². The van der Waals surface area contributed by atoms with Gasteiger partial charge in [-0.15, -0.1) is 0 Å². The summed E-state index contributed by atoms with van der Waals surface area (Å²) in [6.45, 7) is 4.11. The number of carbonyl (C=O) groups excluding carboxylic acids is 1. The smallest absolute Gasteiger partial charge is 0.239 e. The summed E-state index contributed by atoms with van der Waals surface area (Å²) in [7, 11) is 1.79. The zero-order valence-corrected chi connectivity index (χ0v) is 13.4. The van der Waals surface area contributed by atoms with E-state index in [-0.39, 0.29) is 5.91 Å². The molecule has 1 amide bonds. The number of benzene rings is 1. The zero-order valence-electron chi connectivity index (χ0n) is 12.6. The predicted molar refractivity (Wildman–Crippen MR) is 88.9 cm³/mol. The lowest BCUT2D eigenvalue weighted by atomic mass is 9.77. The lowest BCUT2D eigenvalue weighted by molar-refractivity contribution is -0.125. The molecule has 20 heavy (non-hydrogen) atoms. The Kier molecular flexibility index (Phi) is 6.14. The molecule has 0 saturated carbocycles. The van der Waals surface area contributed by atoms with Gasteiger partial charge in [0.15, 0.2) is 0 Å². The van der Waals surface area contributed by atoms with Crippen LogP contribution in [-0.2, 0) is 4.79 Å². The van der Waals surface area contributed by atoms with E-state index in [1.807, 2.05) is 30.3 Å². The number of hydrogen-bond acceptors (Lipinski definition) is 2. The first-order valence-electron chi connectivity index (χ1n) is 7.12. The fraction of sp³-hybridized carbons (Fsp3) is 0.500. The molecule has 0 aliphatic carbocycles. The van der Waals surface area contributed by atoms with Crippen LogP contribution in [-0.4, -0.2) is 17.9 Å². The molecule has 0 aromatic heterocycles. The molecule has 1 rings (SSSR count). The van der Waals surface area contributed by atoms with Gasteiger partial charge in [0, 0.05) is 12.7 Å². The molecule has 0 fully saturated rings. The van der Waals surface area contributed by atoms with Crippen molar-refractivity contribution in [1.29, 1.82) is 0 Å². The van der Waals surface area contributed by atoms with Crippen LogP contribution >= 0.6 is 12.2 Å². The molecule has 0 atom stereocenters. The Morgan fingerprint density at radius 1 is 1.20 bits per heavy atom. The number of amides is 1. The van der Waals surface area contributed by atoms with Gasteiger partial charge in [-0.25, -0.2) is 0 Å². The van der Waals surface area contributed by atoms with E-state index in [9.17, 15) is 4.79 Å². The first kappa shape index (κ1) is 16.6. The highest BCUT2D eigenvalue weighted by Gasteiger charge is 2.41. The van der Waals surface area contributed by atoms with Gasteiger partial charge in [-0.1, -0.05) is 57.1 Å². The first-order chi connectivity index (χ1) is 9.49. The van der Waals surface area contributed by atoms with E-state index >= 15 is 0 Å². The molecule has 0 heterocycles. The third-order valence-electron chi connectivity index (χ3n) is 3.68. The van der Waals surface area contributed by atoms with Gasteiger partial charge in [0.05, 0.1) is 10.4 Å². The molecule has 0 bridgehead atoms. The highest BCUT2D eigenvalue weighted by Crippen LogP contribution is 2.34. The van der Waals surface area contributed by atoms with Crippen LogP contribution in [0.15, 0.2) is 30.3 Å². The maximum absolute atomic E-state index is 12.9. The minimum absolute atomic E-state index is 0.0000926. The second kappa shape index (κ2) is 7.39. The summed E-state index contributed by atoms with van der Waals surface area (Å²) in [5, 5.41) is 0. The average molecular weight is 292 g/mol. The Hall–Kier alpha value is -1.42. The second-order valence-corrected chi connectivity index (χ2v) is 5.59. The maximum atomic E-state index is 12.9. The number of nitrogens with two attached hydrogens (primary N) is 1. The van der Waals surface area contributed by atoms with Gasteiger partial charge in [-0.05, 0) is 25.0 Å². The lowest BCUT2D eigenvalue weighted by Gasteiger charge is -2.35. The molecule has 0 radical (unpaired) electrons. The zero-order chi connectivity index (χ0) is 15.2. The second-order valence-electron chi connectivity index (χ2n) is 5.15. The molecule has 1 aromatic rings. The van der Waals surface area contributed by atoms with Crippen molar-refractivity contribution in [1.82, 2.24) is 0 Å². The van der Waals surface area contributed by atoms with Crippen LogP contribution in [0.4, 0.5) is 5.69 Å². The maximum Gasteiger partial charge on any atom is 0.239 e. The van der Waals surface area contributed by atoms with Crippen molar-refractivity contribution in [3.05, 3.63) is 30.3 Å². The number of carbonyl (C=O) groups is 1. The molecule has 2 N–H and O–H groups in total. The molecule has 0 unspecified atom stereocenters.